The maximum absolute atomic E-state index is 9.78. The molecule has 0 aromatic carbocycles. The zero-order valence-electron chi connectivity index (χ0n) is 10.4. The first-order valence-corrected chi connectivity index (χ1v) is 6.60. The summed E-state index contributed by atoms with van der Waals surface area (Å²) in [4.78, 5) is 6.28. The summed E-state index contributed by atoms with van der Waals surface area (Å²) in [5.74, 6) is 0. The van der Waals surface area contributed by atoms with Gasteiger partial charge in [-0.15, -0.1) is 11.3 Å². The number of rotatable bonds is 9. The van der Waals surface area contributed by atoms with Gasteiger partial charge in [-0.3, -0.25) is 4.90 Å². The van der Waals surface area contributed by atoms with Gasteiger partial charge in [-0.2, -0.15) is 0 Å². The van der Waals surface area contributed by atoms with E-state index in [9.17, 15) is 5.11 Å². The van der Waals surface area contributed by atoms with Crippen LogP contribution in [0.3, 0.4) is 0 Å². The van der Waals surface area contributed by atoms with Crippen LogP contribution in [-0.4, -0.2) is 61.5 Å². The summed E-state index contributed by atoms with van der Waals surface area (Å²) in [6.45, 7) is 3.44. The molecule has 2 N–H and O–H groups in total. The van der Waals surface area contributed by atoms with E-state index in [-0.39, 0.29) is 6.10 Å². The SMILES string of the molecule is COCCNCC(O)CN(C)Cc1cscn1. The monoisotopic (exact) mass is 259 g/mol. The maximum Gasteiger partial charge on any atom is 0.0795 e. The molecule has 1 unspecified atom stereocenters. The summed E-state index contributed by atoms with van der Waals surface area (Å²) in [5.41, 5.74) is 2.88. The molecule has 0 aliphatic heterocycles. The van der Waals surface area contributed by atoms with Crippen molar-refractivity contribution in [1.29, 1.82) is 0 Å². The second-order valence-corrected chi connectivity index (χ2v) is 4.75. The van der Waals surface area contributed by atoms with Crippen LogP contribution in [0, 0.1) is 0 Å². The van der Waals surface area contributed by atoms with E-state index >= 15 is 0 Å². The zero-order valence-corrected chi connectivity index (χ0v) is 11.2. The van der Waals surface area contributed by atoms with E-state index < -0.39 is 0 Å². The highest BCUT2D eigenvalue weighted by Gasteiger charge is 2.08. The van der Waals surface area contributed by atoms with E-state index in [0.717, 1.165) is 18.8 Å². The molecule has 1 rings (SSSR count). The van der Waals surface area contributed by atoms with Gasteiger partial charge < -0.3 is 15.2 Å². The van der Waals surface area contributed by atoms with E-state index in [1.807, 2.05) is 17.9 Å². The molecule has 1 atom stereocenters. The van der Waals surface area contributed by atoms with Crippen LogP contribution in [-0.2, 0) is 11.3 Å². The Morgan fingerprint density at radius 1 is 1.65 bits per heavy atom. The van der Waals surface area contributed by atoms with Crippen LogP contribution in [0.15, 0.2) is 10.9 Å². The summed E-state index contributed by atoms with van der Waals surface area (Å²) < 4.78 is 4.91. The van der Waals surface area contributed by atoms with Gasteiger partial charge in [-0.25, -0.2) is 4.98 Å². The van der Waals surface area contributed by atoms with Crippen molar-refractivity contribution in [1.82, 2.24) is 15.2 Å². The second kappa shape index (κ2) is 8.54. The first kappa shape index (κ1) is 14.5. The summed E-state index contributed by atoms with van der Waals surface area (Å²) in [7, 11) is 3.65. The van der Waals surface area contributed by atoms with Crippen molar-refractivity contribution >= 4 is 11.3 Å². The van der Waals surface area contributed by atoms with Gasteiger partial charge in [0.2, 0.25) is 0 Å². The summed E-state index contributed by atoms with van der Waals surface area (Å²) >= 11 is 1.59. The standard InChI is InChI=1S/C11H21N3O2S/c1-14(6-10-8-17-9-13-10)7-11(15)5-12-3-4-16-2/h8-9,11-12,15H,3-7H2,1-2H3. The van der Waals surface area contributed by atoms with E-state index in [1.54, 1.807) is 18.4 Å². The van der Waals surface area contributed by atoms with Crippen LogP contribution in [0.1, 0.15) is 5.69 Å². The summed E-state index contributed by atoms with van der Waals surface area (Å²) in [6.07, 6.45) is -0.365. The molecule has 1 aromatic rings. The highest BCUT2D eigenvalue weighted by atomic mass is 32.1. The number of nitrogens with zero attached hydrogens (tertiary/aromatic N) is 2. The van der Waals surface area contributed by atoms with Gasteiger partial charge in [0, 0.05) is 38.7 Å². The molecular formula is C11H21N3O2S. The van der Waals surface area contributed by atoms with Crippen LogP contribution in [0.4, 0.5) is 0 Å². The van der Waals surface area contributed by atoms with Crippen LogP contribution in [0.25, 0.3) is 0 Å². The fourth-order valence-electron chi connectivity index (χ4n) is 1.52. The molecule has 0 saturated carbocycles. The summed E-state index contributed by atoms with van der Waals surface area (Å²) in [6, 6.07) is 0. The predicted molar refractivity (Wildman–Crippen MR) is 69.2 cm³/mol. The van der Waals surface area contributed by atoms with Gasteiger partial charge in [-0.1, -0.05) is 0 Å². The Kier molecular flexibility index (Phi) is 7.30. The Morgan fingerprint density at radius 2 is 2.47 bits per heavy atom. The molecule has 0 bridgehead atoms. The highest BCUT2D eigenvalue weighted by Crippen LogP contribution is 2.04. The highest BCUT2D eigenvalue weighted by molar-refractivity contribution is 7.07. The number of methoxy groups -OCH3 is 1. The molecule has 17 heavy (non-hydrogen) atoms. The van der Waals surface area contributed by atoms with Gasteiger partial charge >= 0.3 is 0 Å². The molecular weight excluding hydrogens is 238 g/mol. The third-order valence-electron chi connectivity index (χ3n) is 2.30. The molecule has 0 fully saturated rings. The van der Waals surface area contributed by atoms with Gasteiger partial charge in [0.25, 0.3) is 0 Å². The maximum atomic E-state index is 9.78. The minimum Gasteiger partial charge on any atom is -0.390 e. The van der Waals surface area contributed by atoms with Crippen molar-refractivity contribution in [2.24, 2.45) is 0 Å². The van der Waals surface area contributed by atoms with Crippen LogP contribution in [0.5, 0.6) is 0 Å². The van der Waals surface area contributed by atoms with E-state index in [0.29, 0.717) is 19.7 Å². The first-order valence-electron chi connectivity index (χ1n) is 5.65. The number of likely N-dealkylation sites (N-methyl/N-ethyl adjacent to an activating group) is 1. The number of aliphatic hydroxyl groups excluding tert-OH is 1. The van der Waals surface area contributed by atoms with Crippen LogP contribution >= 0.6 is 11.3 Å². The molecule has 0 aliphatic rings. The molecule has 0 aliphatic carbocycles. The van der Waals surface area contributed by atoms with Gasteiger partial charge in [0.15, 0.2) is 0 Å². The number of aliphatic hydroxyl groups is 1. The van der Waals surface area contributed by atoms with E-state index in [1.165, 1.54) is 0 Å². The Morgan fingerprint density at radius 3 is 3.12 bits per heavy atom. The summed E-state index contributed by atoms with van der Waals surface area (Å²) in [5, 5.41) is 14.9. The molecule has 6 heteroatoms. The molecule has 0 radical (unpaired) electrons. The molecule has 98 valence electrons. The third-order valence-corrected chi connectivity index (χ3v) is 2.94. The van der Waals surface area contributed by atoms with Gasteiger partial charge in [0.1, 0.15) is 0 Å². The number of thiazole rings is 1. The van der Waals surface area contributed by atoms with Crippen LogP contribution in [0.2, 0.25) is 0 Å². The fourth-order valence-corrected chi connectivity index (χ4v) is 2.07. The first-order chi connectivity index (χ1) is 8.22. The van der Waals surface area contributed by atoms with Crippen molar-refractivity contribution in [3.63, 3.8) is 0 Å². The second-order valence-electron chi connectivity index (χ2n) is 4.03. The largest absolute Gasteiger partial charge is 0.390 e. The third kappa shape index (κ3) is 6.70. The van der Waals surface area contributed by atoms with Gasteiger partial charge in [0.05, 0.1) is 23.9 Å². The number of hydrogen-bond acceptors (Lipinski definition) is 6. The lowest BCUT2D eigenvalue weighted by atomic mass is 10.3. The van der Waals surface area contributed by atoms with Crippen LogP contribution < -0.4 is 5.32 Å². The number of nitrogens with one attached hydrogen (secondary N) is 1. The zero-order chi connectivity index (χ0) is 12.5. The Balaban J connectivity index is 2.10. The minimum atomic E-state index is -0.365. The fraction of sp³-hybridized carbons (Fsp3) is 0.727. The topological polar surface area (TPSA) is 57.6 Å². The molecule has 5 nitrogen and oxygen atoms in total. The Labute approximate surface area is 106 Å². The molecule has 0 amide bonds. The lowest BCUT2D eigenvalue weighted by Crippen LogP contribution is -2.37. The normalized spacial score (nSPS) is 13.2. The van der Waals surface area contributed by atoms with Crippen molar-refractivity contribution in [3.05, 3.63) is 16.6 Å². The number of aromatic nitrogens is 1. The minimum absolute atomic E-state index is 0.365. The molecule has 0 saturated heterocycles. The van der Waals surface area contributed by atoms with E-state index in [4.69, 9.17) is 4.74 Å². The quantitative estimate of drug-likeness (QED) is 0.619. The molecule has 1 aromatic heterocycles. The molecule has 1 heterocycles. The average molecular weight is 259 g/mol. The van der Waals surface area contributed by atoms with Crippen molar-refractivity contribution < 1.29 is 9.84 Å². The van der Waals surface area contributed by atoms with E-state index in [2.05, 4.69) is 15.2 Å². The molecule has 0 spiro atoms. The van der Waals surface area contributed by atoms with Gasteiger partial charge in [-0.05, 0) is 7.05 Å². The average Bonchev–Trinajstić information content (AvgIpc) is 2.77. The predicted octanol–water partition coefficient (Wildman–Crippen LogP) is 0.172. The lowest BCUT2D eigenvalue weighted by molar-refractivity contribution is 0.117. The Hall–Kier alpha value is -0.530. The van der Waals surface area contributed by atoms with Crippen molar-refractivity contribution in [2.75, 3.05) is 40.4 Å². The number of ether oxygens (including phenoxy) is 1. The smallest absolute Gasteiger partial charge is 0.0795 e. The lowest BCUT2D eigenvalue weighted by Gasteiger charge is -2.19. The van der Waals surface area contributed by atoms with Crippen molar-refractivity contribution in [2.45, 2.75) is 12.6 Å². The Bertz CT molecular complexity index is 282. The number of hydrogen-bond donors (Lipinski definition) is 2. The van der Waals surface area contributed by atoms with Crippen molar-refractivity contribution in [3.8, 4) is 0 Å².